The highest BCUT2D eigenvalue weighted by Crippen LogP contribution is 2.21. The molecule has 24 heavy (non-hydrogen) atoms. The van der Waals surface area contributed by atoms with Crippen LogP contribution in [0.1, 0.15) is 51.4 Å². The van der Waals surface area contributed by atoms with Crippen molar-refractivity contribution in [3.05, 3.63) is 0 Å². The van der Waals surface area contributed by atoms with Crippen LogP contribution in [0.15, 0.2) is 0 Å². The Kier molecular flexibility index (Phi) is 9.00. The molecule has 4 nitrogen and oxygen atoms in total. The third-order valence-corrected chi connectivity index (χ3v) is 7.01. The number of carbonyl (C=O) groups is 2. The van der Waals surface area contributed by atoms with Gasteiger partial charge < -0.3 is 0 Å². The molecule has 0 bridgehead atoms. The second-order valence-electron chi connectivity index (χ2n) is 5.94. The maximum atomic E-state index is 12.0. The molecule has 2 amide bonds. The summed E-state index contributed by atoms with van der Waals surface area (Å²) >= 11 is 13.5. The number of unbranched alkanes of at least 4 members (excludes halogenated alkanes) is 5. The molecule has 0 radical (unpaired) electrons. The summed E-state index contributed by atoms with van der Waals surface area (Å²) in [6, 6.07) is 0. The zero-order valence-electron chi connectivity index (χ0n) is 13.8. The van der Waals surface area contributed by atoms with Gasteiger partial charge in [-0.05, 0) is 12.8 Å². The maximum Gasteiger partial charge on any atom is 0.228 e. The number of rotatable bonds is 9. The molecule has 2 rings (SSSR count). The largest absolute Gasteiger partial charge is 0.297 e. The molecule has 0 aromatic rings. The van der Waals surface area contributed by atoms with Crippen LogP contribution in [0.5, 0.6) is 0 Å². The molecule has 0 saturated carbocycles. The average Bonchev–Trinajstić information content (AvgIpc) is 3.17. The molecule has 0 spiro atoms. The summed E-state index contributed by atoms with van der Waals surface area (Å²) in [5, 5.41) is 0. The van der Waals surface area contributed by atoms with Crippen molar-refractivity contribution >= 4 is 68.4 Å². The van der Waals surface area contributed by atoms with Crippen molar-refractivity contribution in [1.29, 1.82) is 0 Å². The van der Waals surface area contributed by atoms with Gasteiger partial charge in [0.15, 0.2) is 0 Å². The Balaban J connectivity index is 1.44. The van der Waals surface area contributed by atoms with Gasteiger partial charge in [-0.25, -0.2) is 0 Å². The Labute approximate surface area is 163 Å². The summed E-state index contributed by atoms with van der Waals surface area (Å²) in [5.41, 5.74) is 0. The number of hydrogen-bond donors (Lipinski definition) is 0. The van der Waals surface area contributed by atoms with Crippen LogP contribution in [0, 0.1) is 0 Å². The van der Waals surface area contributed by atoms with Gasteiger partial charge in [0, 0.05) is 37.4 Å². The first-order valence-electron chi connectivity index (χ1n) is 8.54. The summed E-state index contributed by atoms with van der Waals surface area (Å²) in [7, 11) is 0. The highest BCUT2D eigenvalue weighted by atomic mass is 32.2. The van der Waals surface area contributed by atoms with Crippen LogP contribution in [0.25, 0.3) is 0 Å². The molecule has 2 aliphatic rings. The maximum absolute atomic E-state index is 12.0. The SMILES string of the molecule is O=C(CCCCCCCCC(=O)N1CCSC1=S)N1CCSC1=S. The van der Waals surface area contributed by atoms with Gasteiger partial charge in [-0.15, -0.1) is 0 Å². The number of thiocarbonyl (C=S) groups is 2. The molecular formula is C16H24N2O2S4. The summed E-state index contributed by atoms with van der Waals surface area (Å²) in [6.45, 7) is 1.55. The van der Waals surface area contributed by atoms with E-state index in [2.05, 4.69) is 0 Å². The predicted molar refractivity (Wildman–Crippen MR) is 110 cm³/mol. The summed E-state index contributed by atoms with van der Waals surface area (Å²) in [6.07, 6.45) is 7.45. The van der Waals surface area contributed by atoms with Gasteiger partial charge in [-0.1, -0.05) is 73.6 Å². The van der Waals surface area contributed by atoms with Crippen LogP contribution in [0.2, 0.25) is 0 Å². The van der Waals surface area contributed by atoms with E-state index in [-0.39, 0.29) is 11.8 Å². The zero-order valence-corrected chi connectivity index (χ0v) is 17.1. The average molecular weight is 405 g/mol. The molecule has 0 aromatic heterocycles. The number of thioether (sulfide) groups is 2. The van der Waals surface area contributed by atoms with E-state index in [0.717, 1.165) is 71.8 Å². The molecule has 2 fully saturated rings. The lowest BCUT2D eigenvalue weighted by molar-refractivity contribution is -0.127. The van der Waals surface area contributed by atoms with Crippen molar-refractivity contribution in [3.8, 4) is 0 Å². The molecule has 0 aliphatic carbocycles. The molecule has 0 atom stereocenters. The van der Waals surface area contributed by atoms with E-state index >= 15 is 0 Å². The number of amides is 2. The van der Waals surface area contributed by atoms with E-state index in [9.17, 15) is 9.59 Å². The van der Waals surface area contributed by atoms with Crippen LogP contribution in [-0.2, 0) is 9.59 Å². The van der Waals surface area contributed by atoms with Gasteiger partial charge in [0.05, 0.1) is 0 Å². The molecule has 2 heterocycles. The topological polar surface area (TPSA) is 40.6 Å². The summed E-state index contributed by atoms with van der Waals surface area (Å²) < 4.78 is 1.47. The molecule has 134 valence electrons. The van der Waals surface area contributed by atoms with E-state index in [4.69, 9.17) is 24.4 Å². The normalized spacial score (nSPS) is 17.8. The zero-order chi connectivity index (χ0) is 17.4. The van der Waals surface area contributed by atoms with Gasteiger partial charge in [0.2, 0.25) is 11.8 Å². The van der Waals surface area contributed by atoms with Gasteiger partial charge in [0.1, 0.15) is 8.64 Å². The van der Waals surface area contributed by atoms with Crippen molar-refractivity contribution in [2.24, 2.45) is 0 Å². The van der Waals surface area contributed by atoms with Crippen molar-refractivity contribution in [2.75, 3.05) is 24.6 Å². The number of carbonyl (C=O) groups excluding carboxylic acids is 2. The highest BCUT2D eigenvalue weighted by Gasteiger charge is 2.24. The number of nitrogens with zero attached hydrogens (tertiary/aromatic N) is 2. The Bertz CT molecular complexity index is 454. The third-order valence-electron chi connectivity index (χ3n) is 4.16. The van der Waals surface area contributed by atoms with Crippen LogP contribution in [-0.4, -0.2) is 54.9 Å². The highest BCUT2D eigenvalue weighted by molar-refractivity contribution is 8.23. The minimum absolute atomic E-state index is 0.176. The van der Waals surface area contributed by atoms with Crippen LogP contribution in [0.3, 0.4) is 0 Å². The molecule has 2 aliphatic heterocycles. The fourth-order valence-corrected chi connectivity index (χ4v) is 5.25. The number of hydrogen-bond acceptors (Lipinski definition) is 6. The van der Waals surface area contributed by atoms with Crippen LogP contribution >= 0.6 is 48.0 Å². The fourth-order valence-electron chi connectivity index (χ4n) is 2.77. The Morgan fingerprint density at radius 2 is 1.12 bits per heavy atom. The van der Waals surface area contributed by atoms with E-state index < -0.39 is 0 Å². The lowest BCUT2D eigenvalue weighted by atomic mass is 10.1. The van der Waals surface area contributed by atoms with Crippen LogP contribution < -0.4 is 0 Å². The minimum atomic E-state index is 0.176. The van der Waals surface area contributed by atoms with Gasteiger partial charge in [-0.2, -0.15) is 0 Å². The molecule has 0 aromatic carbocycles. The first-order chi connectivity index (χ1) is 11.6. The van der Waals surface area contributed by atoms with Gasteiger partial charge in [0.25, 0.3) is 0 Å². The van der Waals surface area contributed by atoms with Gasteiger partial charge >= 0.3 is 0 Å². The summed E-state index contributed by atoms with van der Waals surface area (Å²) in [5.74, 6) is 2.22. The lowest BCUT2D eigenvalue weighted by Crippen LogP contribution is -2.30. The Morgan fingerprint density at radius 3 is 1.46 bits per heavy atom. The molecule has 0 unspecified atom stereocenters. The van der Waals surface area contributed by atoms with Gasteiger partial charge in [-0.3, -0.25) is 19.4 Å². The standard InChI is InChI=1S/C16H24N2O2S4/c19-13(17-9-11-23-15(17)21)7-5-3-1-2-4-6-8-14(20)18-10-12-24-16(18)22/h1-12H2. The summed E-state index contributed by atoms with van der Waals surface area (Å²) in [4.78, 5) is 27.5. The van der Waals surface area contributed by atoms with Crippen molar-refractivity contribution in [2.45, 2.75) is 51.4 Å². The van der Waals surface area contributed by atoms with Crippen molar-refractivity contribution in [3.63, 3.8) is 0 Å². The Morgan fingerprint density at radius 1 is 0.750 bits per heavy atom. The Hall–Kier alpha value is -0.180. The van der Waals surface area contributed by atoms with Crippen LogP contribution in [0.4, 0.5) is 0 Å². The fraction of sp³-hybridized carbons (Fsp3) is 0.750. The van der Waals surface area contributed by atoms with E-state index in [1.807, 2.05) is 0 Å². The molecule has 8 heteroatoms. The smallest absolute Gasteiger partial charge is 0.228 e. The minimum Gasteiger partial charge on any atom is -0.297 e. The molecular weight excluding hydrogens is 380 g/mol. The second-order valence-corrected chi connectivity index (χ2v) is 9.40. The van der Waals surface area contributed by atoms with E-state index in [1.165, 1.54) is 0 Å². The van der Waals surface area contributed by atoms with Crippen molar-refractivity contribution in [1.82, 2.24) is 9.80 Å². The first kappa shape index (κ1) is 20.1. The van der Waals surface area contributed by atoms with Crippen molar-refractivity contribution < 1.29 is 9.59 Å². The molecule has 0 N–H and O–H groups in total. The quantitative estimate of drug-likeness (QED) is 0.430. The van der Waals surface area contributed by atoms with E-state index in [1.54, 1.807) is 33.3 Å². The first-order valence-corrected chi connectivity index (χ1v) is 11.3. The predicted octanol–water partition coefficient (Wildman–Crippen LogP) is 3.83. The van der Waals surface area contributed by atoms with E-state index in [0.29, 0.717) is 12.8 Å². The molecule has 2 saturated heterocycles. The third kappa shape index (κ3) is 6.28. The lowest BCUT2D eigenvalue weighted by Gasteiger charge is -2.14. The monoisotopic (exact) mass is 404 g/mol. The second kappa shape index (κ2) is 10.7.